The van der Waals surface area contributed by atoms with Gasteiger partial charge in [-0.2, -0.15) is 0 Å². The van der Waals surface area contributed by atoms with Crippen molar-refractivity contribution >= 4 is 28.8 Å². The first kappa shape index (κ1) is 32.5. The number of rotatable bonds is 3. The van der Waals surface area contributed by atoms with E-state index in [1.54, 1.807) is 12.0 Å². The number of methoxy groups -OCH3 is 1. The molecule has 1 aromatic heterocycles. The highest BCUT2D eigenvalue weighted by Gasteiger charge is 2.51. The molecule has 0 spiro atoms. The molecule has 0 unspecified atom stereocenters. The van der Waals surface area contributed by atoms with Crippen LogP contribution in [0.4, 0.5) is 4.79 Å². The van der Waals surface area contributed by atoms with Crippen LogP contribution >= 0.6 is 0 Å². The Morgan fingerprint density at radius 3 is 2.50 bits per heavy atom. The second kappa shape index (κ2) is 13.0. The van der Waals surface area contributed by atoms with Crippen LogP contribution in [-0.4, -0.2) is 70.6 Å². The lowest BCUT2D eigenvalue weighted by Crippen LogP contribution is -2.58. The van der Waals surface area contributed by atoms with Crippen LogP contribution in [0.25, 0.3) is 11.0 Å². The molecule has 3 heterocycles. The lowest BCUT2D eigenvalue weighted by molar-refractivity contribution is -0.141. The first-order valence-electron chi connectivity index (χ1n) is 17.3. The molecule has 5 aliphatic rings. The van der Waals surface area contributed by atoms with Gasteiger partial charge in [0.15, 0.2) is 5.78 Å². The number of aromatic nitrogens is 2. The number of nitrogens with zero attached hydrogens (tertiary/aromatic N) is 3. The summed E-state index contributed by atoms with van der Waals surface area (Å²) in [6.45, 7) is 9.53. The number of fused-ring (bicyclic) bond motifs is 4. The molecule has 10 heteroatoms. The summed E-state index contributed by atoms with van der Waals surface area (Å²) >= 11 is 0. The van der Waals surface area contributed by atoms with Crippen molar-refractivity contribution in [3.05, 3.63) is 23.9 Å². The third-order valence-corrected chi connectivity index (χ3v) is 10.9. The fourth-order valence-corrected chi connectivity index (χ4v) is 8.45. The molecular formula is C36H50N4O6. The second-order valence-corrected chi connectivity index (χ2v) is 15.1. The normalized spacial score (nSPS) is 32.1. The number of carbonyl (C=O) groups excluding carboxylic acids is 3. The van der Waals surface area contributed by atoms with Crippen molar-refractivity contribution < 1.29 is 28.6 Å². The maximum atomic E-state index is 14.4. The average molecular weight is 635 g/mol. The van der Waals surface area contributed by atoms with E-state index in [0.717, 1.165) is 62.1 Å². The van der Waals surface area contributed by atoms with E-state index >= 15 is 0 Å². The van der Waals surface area contributed by atoms with Gasteiger partial charge in [0, 0.05) is 12.0 Å². The molecule has 1 saturated heterocycles. The largest absolute Gasteiger partial charge is 0.497 e. The predicted octanol–water partition coefficient (Wildman–Crippen LogP) is 5.88. The van der Waals surface area contributed by atoms with Gasteiger partial charge in [0.1, 0.15) is 29.7 Å². The van der Waals surface area contributed by atoms with Gasteiger partial charge in [0.25, 0.3) is 0 Å². The zero-order valence-corrected chi connectivity index (χ0v) is 28.2. The van der Waals surface area contributed by atoms with Gasteiger partial charge in [-0.1, -0.05) is 40.5 Å². The van der Waals surface area contributed by atoms with Crippen molar-refractivity contribution in [1.82, 2.24) is 20.2 Å². The van der Waals surface area contributed by atoms with Crippen LogP contribution in [0.15, 0.2) is 18.2 Å². The van der Waals surface area contributed by atoms with Gasteiger partial charge in [-0.3, -0.25) is 9.59 Å². The Kier molecular flexibility index (Phi) is 9.18. The summed E-state index contributed by atoms with van der Waals surface area (Å²) in [5.74, 6) is 1.92. The number of nitrogens with one attached hydrogen (secondary N) is 1. The van der Waals surface area contributed by atoms with E-state index in [9.17, 15) is 14.4 Å². The Morgan fingerprint density at radius 2 is 1.80 bits per heavy atom. The van der Waals surface area contributed by atoms with Gasteiger partial charge in [0.2, 0.25) is 11.8 Å². The summed E-state index contributed by atoms with van der Waals surface area (Å²) in [5, 5.41) is 2.96. The number of amides is 2. The van der Waals surface area contributed by atoms with Crippen molar-refractivity contribution in [2.75, 3.05) is 13.7 Å². The number of benzene rings is 1. The zero-order valence-electron chi connectivity index (χ0n) is 28.2. The van der Waals surface area contributed by atoms with Crippen LogP contribution in [0, 0.1) is 29.1 Å². The maximum Gasteiger partial charge on any atom is 0.408 e. The summed E-state index contributed by atoms with van der Waals surface area (Å²) < 4.78 is 18.3. The monoisotopic (exact) mass is 634 g/mol. The van der Waals surface area contributed by atoms with E-state index in [0.29, 0.717) is 41.8 Å². The van der Waals surface area contributed by atoms with E-state index in [-0.39, 0.29) is 30.3 Å². The minimum absolute atomic E-state index is 0.105. The minimum atomic E-state index is -0.878. The zero-order chi connectivity index (χ0) is 32.7. The summed E-state index contributed by atoms with van der Waals surface area (Å²) in [7, 11) is 1.62. The molecule has 1 N–H and O–H groups in total. The fourth-order valence-electron chi connectivity index (χ4n) is 8.45. The lowest BCUT2D eigenvalue weighted by Gasteiger charge is -2.50. The van der Waals surface area contributed by atoms with E-state index in [2.05, 4.69) is 5.32 Å². The van der Waals surface area contributed by atoms with Crippen LogP contribution in [-0.2, 0) is 20.7 Å². The van der Waals surface area contributed by atoms with Gasteiger partial charge < -0.3 is 24.4 Å². The van der Waals surface area contributed by atoms with E-state index in [1.807, 2.05) is 45.9 Å². The predicted molar refractivity (Wildman–Crippen MR) is 174 cm³/mol. The molecule has 4 fully saturated rings. The van der Waals surface area contributed by atoms with Crippen molar-refractivity contribution in [1.29, 1.82) is 0 Å². The van der Waals surface area contributed by atoms with Crippen LogP contribution in [0.1, 0.15) is 91.7 Å². The Balaban J connectivity index is 1.38. The van der Waals surface area contributed by atoms with Crippen molar-refractivity contribution in [3.8, 4) is 11.6 Å². The first-order chi connectivity index (χ1) is 22.0. The highest BCUT2D eigenvalue weighted by molar-refractivity contribution is 5.92. The fraction of sp³-hybridized carbons (Fsp3) is 0.694. The molecule has 1 aromatic carbocycles. The maximum absolute atomic E-state index is 14.4. The molecule has 6 atom stereocenters. The third-order valence-electron chi connectivity index (χ3n) is 10.9. The Morgan fingerprint density at radius 1 is 1.04 bits per heavy atom. The molecule has 7 rings (SSSR count). The highest BCUT2D eigenvalue weighted by atomic mass is 16.6. The Hall–Kier alpha value is -3.43. The number of hydrogen-bond acceptors (Lipinski definition) is 8. The molecule has 250 valence electrons. The first-order valence-corrected chi connectivity index (χ1v) is 17.3. The standard InChI is InChI=1S/C36H50N4O6/c1-7-25-29-19-40(30(25)20(2)41)34(42)32(36(3,4)5)39-35(43)46-31-22(15-21-16-23(31)17-21)11-9-8-10-12-27-33(45-29)38-28-18-24(44-6)13-14-26(28)37-27/h13-14,18,21-23,25,29-32H,7-12,15-17,19H2,1-6H3,(H,39,43)/t21?,22-,23?,25-,29+,30-,31+,32-/m1/s1. The van der Waals surface area contributed by atoms with Gasteiger partial charge in [-0.25, -0.2) is 14.8 Å². The molecule has 0 radical (unpaired) electrons. The smallest absolute Gasteiger partial charge is 0.408 e. The van der Waals surface area contributed by atoms with Gasteiger partial charge in [-0.05, 0) is 87.2 Å². The summed E-state index contributed by atoms with van der Waals surface area (Å²) in [4.78, 5) is 52.7. The van der Waals surface area contributed by atoms with Crippen LogP contribution < -0.4 is 14.8 Å². The number of aryl methyl sites for hydroxylation is 1. The summed E-state index contributed by atoms with van der Waals surface area (Å²) in [5.41, 5.74) is 1.60. The molecule has 2 aliphatic heterocycles. The molecule has 4 bridgehead atoms. The number of carbonyl (C=O) groups is 3. The molecule has 2 aromatic rings. The Bertz CT molecular complexity index is 1470. The van der Waals surface area contributed by atoms with Crippen molar-refractivity contribution in [3.63, 3.8) is 0 Å². The highest BCUT2D eigenvalue weighted by Crippen LogP contribution is 2.51. The minimum Gasteiger partial charge on any atom is -0.497 e. The molecular weight excluding hydrogens is 584 g/mol. The summed E-state index contributed by atoms with van der Waals surface area (Å²) in [6, 6.07) is 4.09. The number of alkyl carbamates (subject to hydrolysis) is 1. The second-order valence-electron chi connectivity index (χ2n) is 15.1. The topological polar surface area (TPSA) is 120 Å². The van der Waals surface area contributed by atoms with E-state index in [1.165, 1.54) is 6.92 Å². The van der Waals surface area contributed by atoms with Crippen molar-refractivity contribution in [2.24, 2.45) is 29.1 Å². The average Bonchev–Trinajstić information content (AvgIpc) is 3.36. The van der Waals surface area contributed by atoms with E-state index < -0.39 is 29.7 Å². The lowest BCUT2D eigenvalue weighted by atomic mass is 9.59. The Labute approximate surface area is 272 Å². The molecule has 2 amide bonds. The summed E-state index contributed by atoms with van der Waals surface area (Å²) in [6.07, 6.45) is 7.49. The number of Topliss-reactive ketones (excluding diaryl/α,β-unsaturated/α-hetero) is 1. The van der Waals surface area contributed by atoms with Crippen molar-refractivity contribution in [2.45, 2.75) is 117 Å². The number of ketones is 1. The van der Waals surface area contributed by atoms with E-state index in [4.69, 9.17) is 24.2 Å². The SMILES string of the molecule is CC[C@@H]1[C@@H]2CN(C(=O)[C@H](C(C)(C)C)NC(=O)O[C@@H]3C4CC(C4)C[C@H]3CCCCCc3nc4ccc(OC)cc4nc3O2)[C@@H]1C(C)=O. The molecule has 46 heavy (non-hydrogen) atoms. The van der Waals surface area contributed by atoms with Gasteiger partial charge in [0.05, 0.1) is 30.7 Å². The quantitative estimate of drug-likeness (QED) is 0.444. The van der Waals surface area contributed by atoms with Gasteiger partial charge >= 0.3 is 6.09 Å². The van der Waals surface area contributed by atoms with Crippen LogP contribution in [0.2, 0.25) is 0 Å². The third kappa shape index (κ3) is 6.41. The van der Waals surface area contributed by atoms with Gasteiger partial charge in [-0.15, -0.1) is 0 Å². The molecule has 3 aliphatic carbocycles. The number of hydrogen-bond donors (Lipinski definition) is 1. The number of ether oxygens (including phenoxy) is 3. The molecule has 3 saturated carbocycles. The molecule has 10 nitrogen and oxygen atoms in total. The van der Waals surface area contributed by atoms with Crippen LogP contribution in [0.5, 0.6) is 11.6 Å². The van der Waals surface area contributed by atoms with Crippen LogP contribution in [0.3, 0.4) is 0 Å².